The van der Waals surface area contributed by atoms with E-state index < -0.39 is 10.5 Å². The number of hydrogen-bond acceptors (Lipinski definition) is 5. The Kier molecular flexibility index (Phi) is 3.48. The van der Waals surface area contributed by atoms with E-state index in [1.807, 2.05) is 0 Å². The minimum Gasteiger partial charge on any atom is -0.398 e. The van der Waals surface area contributed by atoms with Crippen molar-refractivity contribution in [3.8, 4) is 5.75 Å². The van der Waals surface area contributed by atoms with Gasteiger partial charge in [0.25, 0.3) is 0 Å². The van der Waals surface area contributed by atoms with Crippen LogP contribution < -0.4 is 9.92 Å². The maximum atomic E-state index is 12.2. The molecule has 2 N–H and O–H groups in total. The number of anilines is 1. The van der Waals surface area contributed by atoms with Crippen molar-refractivity contribution in [3.05, 3.63) is 23.8 Å². The summed E-state index contributed by atoms with van der Waals surface area (Å²) in [5, 5.41) is 0. The van der Waals surface area contributed by atoms with Gasteiger partial charge in [0.05, 0.1) is 6.61 Å². The highest BCUT2D eigenvalue weighted by Gasteiger charge is 2.10. The monoisotopic (exact) mass is 235 g/mol. The van der Waals surface area contributed by atoms with Gasteiger partial charge in [0.1, 0.15) is 5.75 Å². The van der Waals surface area contributed by atoms with Crippen LogP contribution in [0.2, 0.25) is 0 Å². The first-order valence-electron chi connectivity index (χ1n) is 3.94. The molecule has 0 aromatic heterocycles. The smallest absolute Gasteiger partial charge is 0.398 e. The molecule has 0 fully saturated rings. The van der Waals surface area contributed by atoms with E-state index in [1.165, 1.54) is 25.3 Å². The first kappa shape index (κ1) is 11.7. The molecule has 0 atom stereocenters. The molecule has 1 aromatic carbocycles. The number of hydrogen-bond donors (Lipinski definition) is 1. The number of ether oxygens (including phenoxy) is 1. The summed E-state index contributed by atoms with van der Waals surface area (Å²) in [4.78, 5) is 0. The first-order valence-corrected chi connectivity index (χ1v) is 5.24. The summed E-state index contributed by atoms with van der Waals surface area (Å²) in [7, 11) is -3.55. The van der Waals surface area contributed by atoms with E-state index in [1.54, 1.807) is 0 Å². The van der Waals surface area contributed by atoms with Gasteiger partial charge < -0.3 is 14.7 Å². The van der Waals surface area contributed by atoms with E-state index in [-0.39, 0.29) is 12.4 Å². The lowest BCUT2D eigenvalue weighted by Gasteiger charge is -2.06. The van der Waals surface area contributed by atoms with E-state index in [9.17, 15) is 12.3 Å². The number of nitrogens with two attached hydrogens (primary N) is 1. The average molecular weight is 235 g/mol. The minimum atomic E-state index is -5.00. The van der Waals surface area contributed by atoms with E-state index in [2.05, 4.69) is 4.18 Å². The molecule has 0 aliphatic carbocycles. The Labute approximate surface area is 87.0 Å². The van der Waals surface area contributed by atoms with E-state index in [0.717, 1.165) is 0 Å². The zero-order valence-corrected chi connectivity index (χ0v) is 8.75. The third-order valence-electron chi connectivity index (χ3n) is 1.61. The minimum absolute atomic E-state index is 0.140. The maximum Gasteiger partial charge on any atom is 0.488 e. The molecule has 5 nitrogen and oxygen atoms in total. The molecule has 0 saturated carbocycles. The molecule has 0 saturated heterocycles. The van der Waals surface area contributed by atoms with Gasteiger partial charge in [-0.15, -0.1) is 0 Å². The molecule has 7 heteroatoms. The van der Waals surface area contributed by atoms with Crippen molar-refractivity contribution in [1.29, 1.82) is 0 Å². The Balaban J connectivity index is 2.97. The van der Waals surface area contributed by atoms with Crippen LogP contribution >= 0.6 is 0 Å². The summed E-state index contributed by atoms with van der Waals surface area (Å²) in [6, 6.07) is 3.97. The molecular formula is C8H10FNO4S. The SMILES string of the molecule is COCc1cc(OS(=O)(=O)F)ccc1N. The lowest BCUT2D eigenvalue weighted by atomic mass is 10.2. The summed E-state index contributed by atoms with van der Waals surface area (Å²) in [6.07, 6.45) is 0. The largest absolute Gasteiger partial charge is 0.488 e. The Morgan fingerprint density at radius 3 is 2.67 bits per heavy atom. The van der Waals surface area contributed by atoms with Gasteiger partial charge in [0.15, 0.2) is 0 Å². The van der Waals surface area contributed by atoms with Gasteiger partial charge in [-0.25, -0.2) is 0 Å². The summed E-state index contributed by atoms with van der Waals surface area (Å²) in [5.74, 6) is -0.140. The first-order chi connectivity index (χ1) is 6.92. The van der Waals surface area contributed by atoms with Crippen LogP contribution in [0.4, 0.5) is 9.57 Å². The van der Waals surface area contributed by atoms with Gasteiger partial charge in [-0.1, -0.05) is 3.89 Å². The fraction of sp³-hybridized carbons (Fsp3) is 0.250. The van der Waals surface area contributed by atoms with Crippen LogP contribution in [0.25, 0.3) is 0 Å². The van der Waals surface area contributed by atoms with Crippen LogP contribution in [0.5, 0.6) is 5.75 Å². The van der Waals surface area contributed by atoms with Crippen molar-refractivity contribution in [2.45, 2.75) is 6.61 Å². The van der Waals surface area contributed by atoms with Crippen LogP contribution in [0, 0.1) is 0 Å². The lowest BCUT2D eigenvalue weighted by molar-refractivity contribution is 0.185. The third kappa shape index (κ3) is 3.72. The van der Waals surface area contributed by atoms with Crippen LogP contribution in [-0.4, -0.2) is 15.5 Å². The summed E-state index contributed by atoms with van der Waals surface area (Å²) in [5.41, 5.74) is 6.50. The van der Waals surface area contributed by atoms with Crippen LogP contribution in [0.3, 0.4) is 0 Å². The second kappa shape index (κ2) is 4.45. The Bertz CT molecular complexity index is 446. The summed E-state index contributed by atoms with van der Waals surface area (Å²) >= 11 is 0. The van der Waals surface area contributed by atoms with Gasteiger partial charge in [0.2, 0.25) is 0 Å². The normalized spacial score (nSPS) is 11.3. The van der Waals surface area contributed by atoms with Crippen molar-refractivity contribution >= 4 is 16.2 Å². The van der Waals surface area contributed by atoms with E-state index in [4.69, 9.17) is 10.5 Å². The number of halogens is 1. The van der Waals surface area contributed by atoms with Crippen molar-refractivity contribution in [1.82, 2.24) is 0 Å². The summed E-state index contributed by atoms with van der Waals surface area (Å²) in [6.45, 7) is 0.190. The van der Waals surface area contributed by atoms with E-state index in [0.29, 0.717) is 11.3 Å². The van der Waals surface area contributed by atoms with Gasteiger partial charge in [-0.05, 0) is 18.2 Å². The predicted molar refractivity (Wildman–Crippen MR) is 52.2 cm³/mol. The number of benzene rings is 1. The van der Waals surface area contributed by atoms with Gasteiger partial charge in [0, 0.05) is 18.4 Å². The second-order valence-electron chi connectivity index (χ2n) is 2.77. The molecule has 0 unspecified atom stereocenters. The van der Waals surface area contributed by atoms with Crippen molar-refractivity contribution in [3.63, 3.8) is 0 Å². The van der Waals surface area contributed by atoms with Gasteiger partial charge >= 0.3 is 10.5 Å². The second-order valence-corrected chi connectivity index (χ2v) is 3.72. The molecule has 0 radical (unpaired) electrons. The molecule has 1 aromatic rings. The van der Waals surface area contributed by atoms with Gasteiger partial charge in [-0.3, -0.25) is 0 Å². The highest BCUT2D eigenvalue weighted by atomic mass is 32.3. The molecule has 0 aliphatic heterocycles. The topological polar surface area (TPSA) is 78.6 Å². The van der Waals surface area contributed by atoms with Crippen LogP contribution in [-0.2, 0) is 21.8 Å². The predicted octanol–water partition coefficient (Wildman–Crippen LogP) is 1.01. The zero-order chi connectivity index (χ0) is 11.5. The highest BCUT2D eigenvalue weighted by molar-refractivity contribution is 7.81. The highest BCUT2D eigenvalue weighted by Crippen LogP contribution is 2.21. The number of methoxy groups -OCH3 is 1. The van der Waals surface area contributed by atoms with Crippen LogP contribution in [0.1, 0.15) is 5.56 Å². The van der Waals surface area contributed by atoms with Crippen LogP contribution in [0.15, 0.2) is 18.2 Å². The average Bonchev–Trinajstić information content (AvgIpc) is 2.09. The Hall–Kier alpha value is -1.34. The standard InChI is InChI=1S/C8H10FNO4S/c1-13-5-6-4-7(2-3-8(6)10)14-15(9,11)12/h2-4H,5,10H2,1H3. The molecular weight excluding hydrogens is 225 g/mol. The molecule has 0 aliphatic rings. The Morgan fingerprint density at radius 2 is 2.13 bits per heavy atom. The zero-order valence-electron chi connectivity index (χ0n) is 7.94. The quantitative estimate of drug-likeness (QED) is 0.622. The molecule has 84 valence electrons. The maximum absolute atomic E-state index is 12.2. The fourth-order valence-electron chi connectivity index (χ4n) is 1.03. The third-order valence-corrected chi connectivity index (χ3v) is 2.00. The molecule has 0 amide bonds. The van der Waals surface area contributed by atoms with Gasteiger partial charge in [-0.2, -0.15) is 8.42 Å². The number of rotatable bonds is 4. The fourth-order valence-corrected chi connectivity index (χ4v) is 1.36. The molecule has 1 rings (SSSR count). The Morgan fingerprint density at radius 1 is 1.47 bits per heavy atom. The summed E-state index contributed by atoms with van der Waals surface area (Å²) < 4.78 is 41.4. The molecule has 15 heavy (non-hydrogen) atoms. The number of nitrogen functional groups attached to an aromatic ring is 1. The molecule has 0 bridgehead atoms. The van der Waals surface area contributed by atoms with E-state index >= 15 is 0 Å². The van der Waals surface area contributed by atoms with Crippen molar-refractivity contribution in [2.75, 3.05) is 12.8 Å². The molecule has 0 heterocycles. The van der Waals surface area contributed by atoms with Crippen molar-refractivity contribution < 1.29 is 21.2 Å². The lowest BCUT2D eigenvalue weighted by Crippen LogP contribution is -2.03. The molecule has 0 spiro atoms. The van der Waals surface area contributed by atoms with Crippen molar-refractivity contribution in [2.24, 2.45) is 0 Å².